The van der Waals surface area contributed by atoms with E-state index in [0.717, 1.165) is 4.80 Å². The minimum atomic E-state index is -0.502. The van der Waals surface area contributed by atoms with Crippen molar-refractivity contribution in [3.05, 3.63) is 59.7 Å². The maximum atomic E-state index is 13.6. The van der Waals surface area contributed by atoms with E-state index in [9.17, 15) is 14.0 Å². The number of nitrogens with zero attached hydrogens (tertiary/aromatic N) is 4. The van der Waals surface area contributed by atoms with E-state index in [2.05, 4.69) is 10.2 Å². The number of allylic oxidation sites excluding steroid dienone is 1. The van der Waals surface area contributed by atoms with Crippen LogP contribution in [0.25, 0.3) is 22.8 Å². The lowest BCUT2D eigenvalue weighted by Gasteiger charge is -1.97. The van der Waals surface area contributed by atoms with Crippen molar-refractivity contribution in [1.29, 1.82) is 5.26 Å². The Labute approximate surface area is 118 Å². The van der Waals surface area contributed by atoms with Crippen LogP contribution in [0.4, 0.5) is 8.78 Å². The van der Waals surface area contributed by atoms with Crippen LogP contribution in [0.15, 0.2) is 42.5 Å². The summed E-state index contributed by atoms with van der Waals surface area (Å²) in [5, 5.41) is 17.2. The van der Waals surface area contributed by atoms with E-state index in [-0.39, 0.29) is 17.0 Å². The van der Waals surface area contributed by atoms with Gasteiger partial charge in [0.15, 0.2) is 11.5 Å². The van der Waals surface area contributed by atoms with E-state index >= 15 is 0 Å². The molecule has 0 saturated carbocycles. The fourth-order valence-electron chi connectivity index (χ4n) is 1.86. The first-order valence-electron chi connectivity index (χ1n) is 6.07. The summed E-state index contributed by atoms with van der Waals surface area (Å²) in [6.45, 7) is 0. The molecule has 1 heterocycles. The Balaban J connectivity index is 2.08. The monoisotopic (exact) mass is 282 g/mol. The molecule has 6 heteroatoms. The molecule has 0 fully saturated rings. The second-order valence-corrected chi connectivity index (χ2v) is 4.29. The lowest BCUT2D eigenvalue weighted by molar-refractivity contribution is 0.627. The molecule has 0 spiro atoms. The van der Waals surface area contributed by atoms with Crippen LogP contribution >= 0.6 is 0 Å². The molecule has 0 unspecified atom stereocenters. The maximum absolute atomic E-state index is 13.6. The third-order valence-electron chi connectivity index (χ3n) is 2.87. The molecule has 2 aromatic carbocycles. The highest BCUT2D eigenvalue weighted by Gasteiger charge is 2.10. The smallest absolute Gasteiger partial charge is 0.163 e. The molecular formula is C15H8F2N4. The van der Waals surface area contributed by atoms with Crippen molar-refractivity contribution in [2.75, 3.05) is 0 Å². The van der Waals surface area contributed by atoms with Crippen LogP contribution in [0.3, 0.4) is 0 Å². The van der Waals surface area contributed by atoms with Crippen LogP contribution in [-0.4, -0.2) is 15.0 Å². The van der Waals surface area contributed by atoms with Gasteiger partial charge in [-0.3, -0.25) is 0 Å². The highest BCUT2D eigenvalue weighted by Crippen LogP contribution is 2.16. The van der Waals surface area contributed by atoms with Gasteiger partial charge in [-0.15, -0.1) is 15.0 Å². The first-order chi connectivity index (χ1) is 10.2. The minimum Gasteiger partial charge on any atom is -0.207 e. The minimum absolute atomic E-state index is 0.0951. The van der Waals surface area contributed by atoms with Gasteiger partial charge in [0.1, 0.15) is 22.9 Å². The van der Waals surface area contributed by atoms with Gasteiger partial charge < -0.3 is 0 Å². The predicted molar refractivity (Wildman–Crippen MR) is 73.7 cm³/mol. The summed E-state index contributed by atoms with van der Waals surface area (Å²) in [6, 6.07) is 12.0. The zero-order valence-electron chi connectivity index (χ0n) is 10.7. The molecule has 102 valence electrons. The molecule has 1 aromatic heterocycles. The molecule has 3 rings (SSSR count). The van der Waals surface area contributed by atoms with E-state index in [4.69, 9.17) is 0 Å². The summed E-state index contributed by atoms with van der Waals surface area (Å²) in [5.74, 6) is -0.867. The Morgan fingerprint density at radius 1 is 1.10 bits per heavy atom. The average Bonchev–Trinajstić information content (AvgIpc) is 2.92. The summed E-state index contributed by atoms with van der Waals surface area (Å²) < 4.78 is 26.4. The zero-order chi connectivity index (χ0) is 14.8. The SMILES string of the molecule is N#C/C(=C\c1ccc(F)cc1)n1nc2cccc(F)c2n1. The van der Waals surface area contributed by atoms with Gasteiger partial charge in [-0.2, -0.15) is 5.26 Å². The lowest BCUT2D eigenvalue weighted by atomic mass is 10.2. The number of hydrogen-bond donors (Lipinski definition) is 0. The fourth-order valence-corrected chi connectivity index (χ4v) is 1.86. The third-order valence-corrected chi connectivity index (χ3v) is 2.87. The summed E-state index contributed by atoms with van der Waals surface area (Å²) in [6.07, 6.45) is 1.50. The number of hydrogen-bond acceptors (Lipinski definition) is 3. The molecule has 0 N–H and O–H groups in total. The highest BCUT2D eigenvalue weighted by molar-refractivity contribution is 5.81. The van der Waals surface area contributed by atoms with Crippen LogP contribution in [0.1, 0.15) is 5.56 Å². The van der Waals surface area contributed by atoms with Gasteiger partial charge >= 0.3 is 0 Å². The molecule has 21 heavy (non-hydrogen) atoms. The van der Waals surface area contributed by atoms with Crippen LogP contribution in [-0.2, 0) is 0 Å². The van der Waals surface area contributed by atoms with Crippen LogP contribution < -0.4 is 0 Å². The van der Waals surface area contributed by atoms with Crippen LogP contribution in [0.2, 0.25) is 0 Å². The normalized spacial score (nSPS) is 11.6. The number of aromatic nitrogens is 3. The van der Waals surface area contributed by atoms with E-state index in [1.807, 2.05) is 6.07 Å². The highest BCUT2D eigenvalue weighted by atomic mass is 19.1. The molecule has 3 aromatic rings. The number of rotatable bonds is 2. The number of nitriles is 1. The second kappa shape index (κ2) is 5.13. The van der Waals surface area contributed by atoms with Gasteiger partial charge in [0, 0.05) is 0 Å². The van der Waals surface area contributed by atoms with E-state index in [1.165, 1.54) is 42.5 Å². The van der Waals surface area contributed by atoms with Crippen LogP contribution in [0, 0.1) is 23.0 Å². The van der Waals surface area contributed by atoms with Crippen molar-refractivity contribution < 1.29 is 8.78 Å². The molecule has 4 nitrogen and oxygen atoms in total. The summed E-state index contributed by atoms with van der Waals surface area (Å²) >= 11 is 0. The van der Waals surface area contributed by atoms with Gasteiger partial charge in [-0.1, -0.05) is 18.2 Å². The van der Waals surface area contributed by atoms with Crippen molar-refractivity contribution in [1.82, 2.24) is 15.0 Å². The zero-order valence-corrected chi connectivity index (χ0v) is 10.7. The quantitative estimate of drug-likeness (QED) is 0.678. The molecule has 0 saturated heterocycles. The van der Waals surface area contributed by atoms with Gasteiger partial charge in [0.25, 0.3) is 0 Å². The largest absolute Gasteiger partial charge is 0.207 e. The standard InChI is InChI=1S/C15H8F2N4/c16-11-6-4-10(5-7-11)8-12(9-18)21-19-14-3-1-2-13(17)15(14)20-21/h1-8H/b12-8+. The van der Waals surface area contributed by atoms with Crippen molar-refractivity contribution in [3.8, 4) is 6.07 Å². The van der Waals surface area contributed by atoms with Gasteiger partial charge in [-0.25, -0.2) is 8.78 Å². The van der Waals surface area contributed by atoms with E-state index in [1.54, 1.807) is 6.07 Å². The number of halogens is 2. The molecule has 0 aliphatic heterocycles. The first kappa shape index (κ1) is 12.9. The van der Waals surface area contributed by atoms with Crippen molar-refractivity contribution >= 4 is 22.8 Å². The molecule has 0 bridgehead atoms. The number of benzene rings is 2. The summed E-state index contributed by atoms with van der Waals surface area (Å²) in [7, 11) is 0. The molecule has 0 aliphatic rings. The molecular weight excluding hydrogens is 274 g/mol. The number of fused-ring (bicyclic) bond motifs is 1. The van der Waals surface area contributed by atoms with Crippen molar-refractivity contribution in [2.24, 2.45) is 0 Å². The van der Waals surface area contributed by atoms with Crippen molar-refractivity contribution in [3.63, 3.8) is 0 Å². The molecule has 0 radical (unpaired) electrons. The Morgan fingerprint density at radius 2 is 1.86 bits per heavy atom. The summed E-state index contributed by atoms with van der Waals surface area (Å²) in [4.78, 5) is 1.07. The van der Waals surface area contributed by atoms with Gasteiger partial charge in [0.05, 0.1) is 0 Å². The Bertz CT molecular complexity index is 873. The van der Waals surface area contributed by atoms with Gasteiger partial charge in [-0.05, 0) is 35.9 Å². The van der Waals surface area contributed by atoms with Crippen LogP contribution in [0.5, 0.6) is 0 Å². The second-order valence-electron chi connectivity index (χ2n) is 4.29. The topological polar surface area (TPSA) is 54.5 Å². The molecule has 0 amide bonds. The predicted octanol–water partition coefficient (Wildman–Crippen LogP) is 3.23. The van der Waals surface area contributed by atoms with Crippen molar-refractivity contribution in [2.45, 2.75) is 0 Å². The molecule has 0 aliphatic carbocycles. The molecule has 0 atom stereocenters. The van der Waals surface area contributed by atoms with Gasteiger partial charge in [0.2, 0.25) is 0 Å². The lowest BCUT2D eigenvalue weighted by Crippen LogP contribution is -1.99. The fraction of sp³-hybridized carbons (Fsp3) is 0. The first-order valence-corrected chi connectivity index (χ1v) is 6.07. The third kappa shape index (κ3) is 2.49. The van der Waals surface area contributed by atoms with E-state index < -0.39 is 5.82 Å². The maximum Gasteiger partial charge on any atom is 0.163 e. The summed E-state index contributed by atoms with van der Waals surface area (Å²) in [5.41, 5.74) is 1.18. The Kier molecular flexibility index (Phi) is 3.16. The Hall–Kier alpha value is -3.07. The van der Waals surface area contributed by atoms with E-state index in [0.29, 0.717) is 11.1 Å². The average molecular weight is 282 g/mol. The Morgan fingerprint density at radius 3 is 2.52 bits per heavy atom.